The number of hydrogen-bond acceptors (Lipinski definition) is 5. The minimum absolute atomic E-state index is 0. The molecule has 1 aliphatic heterocycles. The molecular weight excluding hydrogens is 423 g/mol. The van der Waals surface area contributed by atoms with E-state index < -0.39 is 17.5 Å². The zero-order valence-electron chi connectivity index (χ0n) is 16.6. The SMILES string of the molecule is COc1nc(OCc2cc(F)cc(F)c2)c(F)cc1CN(C)C(=O)[C@@H]1CCCN1.Cl. The van der Waals surface area contributed by atoms with E-state index in [-0.39, 0.29) is 54.8 Å². The molecule has 1 N–H and O–H groups in total. The number of hydrogen-bond donors (Lipinski definition) is 1. The van der Waals surface area contributed by atoms with Crippen molar-refractivity contribution in [3.05, 3.63) is 52.8 Å². The summed E-state index contributed by atoms with van der Waals surface area (Å²) in [5.74, 6) is -2.62. The van der Waals surface area contributed by atoms with Crippen molar-refractivity contribution < 1.29 is 27.4 Å². The number of benzene rings is 1. The molecule has 3 rings (SSSR count). The van der Waals surface area contributed by atoms with Gasteiger partial charge in [0, 0.05) is 18.7 Å². The second kappa shape index (κ2) is 10.5. The number of likely N-dealkylation sites (N-methyl/N-ethyl adjacent to an activating group) is 1. The van der Waals surface area contributed by atoms with Crippen LogP contribution in [0.15, 0.2) is 24.3 Å². The van der Waals surface area contributed by atoms with Gasteiger partial charge in [0.05, 0.1) is 19.7 Å². The van der Waals surface area contributed by atoms with Crippen LogP contribution in [-0.4, -0.2) is 42.5 Å². The van der Waals surface area contributed by atoms with E-state index >= 15 is 0 Å². The van der Waals surface area contributed by atoms with Crippen LogP contribution < -0.4 is 14.8 Å². The molecule has 0 radical (unpaired) electrons. The average molecular weight is 446 g/mol. The quantitative estimate of drug-likeness (QED) is 0.709. The Morgan fingerprint density at radius 3 is 2.50 bits per heavy atom. The van der Waals surface area contributed by atoms with Gasteiger partial charge in [-0.05, 0) is 43.1 Å². The van der Waals surface area contributed by atoms with Gasteiger partial charge in [-0.3, -0.25) is 4.79 Å². The van der Waals surface area contributed by atoms with Crippen molar-refractivity contribution in [2.45, 2.75) is 32.0 Å². The Morgan fingerprint density at radius 2 is 1.90 bits per heavy atom. The minimum Gasteiger partial charge on any atom is -0.481 e. The normalized spacial score (nSPS) is 15.4. The van der Waals surface area contributed by atoms with Crippen LogP contribution in [0, 0.1) is 17.5 Å². The third-order valence-electron chi connectivity index (χ3n) is 4.62. The number of methoxy groups -OCH3 is 1. The Kier molecular flexibility index (Phi) is 8.31. The fourth-order valence-corrected chi connectivity index (χ4v) is 3.23. The van der Waals surface area contributed by atoms with Gasteiger partial charge < -0.3 is 19.7 Å². The summed E-state index contributed by atoms with van der Waals surface area (Å²) in [6.45, 7) is 0.636. The molecule has 0 bridgehead atoms. The van der Waals surface area contributed by atoms with Crippen LogP contribution in [0.5, 0.6) is 11.8 Å². The number of pyridine rings is 1. The second-order valence-electron chi connectivity index (χ2n) is 6.85. The van der Waals surface area contributed by atoms with E-state index in [2.05, 4.69) is 10.3 Å². The lowest BCUT2D eigenvalue weighted by Crippen LogP contribution is -2.41. The second-order valence-corrected chi connectivity index (χ2v) is 6.85. The lowest BCUT2D eigenvalue weighted by molar-refractivity contribution is -0.132. The highest BCUT2D eigenvalue weighted by atomic mass is 35.5. The number of rotatable bonds is 7. The Bertz CT molecular complexity index is 875. The van der Waals surface area contributed by atoms with E-state index in [1.165, 1.54) is 18.1 Å². The molecule has 1 atom stereocenters. The van der Waals surface area contributed by atoms with Crippen LogP contribution in [0.4, 0.5) is 13.2 Å². The van der Waals surface area contributed by atoms with Crippen molar-refractivity contribution in [2.24, 2.45) is 0 Å². The standard InChI is InChI=1S/C20H22F3N3O3.ClH/c1-26(20(27)17-4-3-5-24-17)10-13-8-16(23)19(25-18(13)28-2)29-11-12-6-14(21)9-15(22)7-12;/h6-9,17,24H,3-5,10-11H2,1-2H3;1H/t17-;/m0./s1. The molecule has 2 heterocycles. The minimum atomic E-state index is -0.766. The number of carbonyl (C=O) groups is 1. The van der Waals surface area contributed by atoms with Crippen molar-refractivity contribution in [3.8, 4) is 11.8 Å². The Morgan fingerprint density at radius 1 is 1.20 bits per heavy atom. The molecule has 0 aliphatic carbocycles. The molecule has 1 saturated heterocycles. The first-order chi connectivity index (χ1) is 13.9. The van der Waals surface area contributed by atoms with Gasteiger partial charge in [0.15, 0.2) is 5.82 Å². The zero-order chi connectivity index (χ0) is 21.0. The number of halogens is 4. The predicted octanol–water partition coefficient (Wildman–Crippen LogP) is 3.22. The van der Waals surface area contributed by atoms with Crippen molar-refractivity contribution in [2.75, 3.05) is 20.7 Å². The van der Waals surface area contributed by atoms with Crippen molar-refractivity contribution in [1.29, 1.82) is 0 Å². The highest BCUT2D eigenvalue weighted by Crippen LogP contribution is 2.26. The zero-order valence-corrected chi connectivity index (χ0v) is 17.4. The Hall–Kier alpha value is -2.52. The molecule has 1 fully saturated rings. The molecule has 0 unspecified atom stereocenters. The van der Waals surface area contributed by atoms with Gasteiger partial charge in [-0.15, -0.1) is 12.4 Å². The van der Waals surface area contributed by atoms with Gasteiger partial charge in [0.1, 0.15) is 18.2 Å². The predicted molar refractivity (Wildman–Crippen MR) is 106 cm³/mol. The van der Waals surface area contributed by atoms with Crippen LogP contribution in [0.3, 0.4) is 0 Å². The van der Waals surface area contributed by atoms with Gasteiger partial charge in [-0.1, -0.05) is 0 Å². The lowest BCUT2D eigenvalue weighted by atomic mass is 10.2. The summed E-state index contributed by atoms with van der Waals surface area (Å²) in [7, 11) is 3.00. The van der Waals surface area contributed by atoms with Crippen LogP contribution in [0.1, 0.15) is 24.0 Å². The van der Waals surface area contributed by atoms with Crippen LogP contribution in [0.2, 0.25) is 0 Å². The van der Waals surface area contributed by atoms with Crippen molar-refractivity contribution in [3.63, 3.8) is 0 Å². The third-order valence-corrected chi connectivity index (χ3v) is 4.62. The number of nitrogens with zero attached hydrogens (tertiary/aromatic N) is 2. The topological polar surface area (TPSA) is 63.7 Å². The van der Waals surface area contributed by atoms with E-state index in [4.69, 9.17) is 9.47 Å². The molecule has 0 spiro atoms. The Balaban J connectivity index is 0.00000320. The molecule has 164 valence electrons. The van der Waals surface area contributed by atoms with Gasteiger partial charge in [0.25, 0.3) is 5.88 Å². The third kappa shape index (κ3) is 5.76. The van der Waals surface area contributed by atoms with E-state index in [1.54, 1.807) is 7.05 Å². The fourth-order valence-electron chi connectivity index (χ4n) is 3.23. The van der Waals surface area contributed by atoms with E-state index in [0.29, 0.717) is 5.56 Å². The summed E-state index contributed by atoms with van der Waals surface area (Å²) in [4.78, 5) is 17.9. The molecule has 0 saturated carbocycles. The molecule has 1 aromatic heterocycles. The summed E-state index contributed by atoms with van der Waals surface area (Å²) >= 11 is 0. The van der Waals surface area contributed by atoms with Crippen molar-refractivity contribution in [1.82, 2.24) is 15.2 Å². The molecule has 6 nitrogen and oxygen atoms in total. The lowest BCUT2D eigenvalue weighted by Gasteiger charge is -2.22. The summed E-state index contributed by atoms with van der Waals surface area (Å²) in [6, 6.07) is 3.85. The van der Waals surface area contributed by atoms with E-state index in [9.17, 15) is 18.0 Å². The largest absolute Gasteiger partial charge is 0.481 e. The van der Waals surface area contributed by atoms with Gasteiger partial charge >= 0.3 is 0 Å². The summed E-state index contributed by atoms with van der Waals surface area (Å²) < 4.78 is 51.5. The van der Waals surface area contributed by atoms with Crippen LogP contribution >= 0.6 is 12.4 Å². The van der Waals surface area contributed by atoms with E-state index in [0.717, 1.165) is 37.6 Å². The molecule has 1 aliphatic rings. The van der Waals surface area contributed by atoms with Crippen LogP contribution in [-0.2, 0) is 17.9 Å². The monoisotopic (exact) mass is 445 g/mol. The first-order valence-corrected chi connectivity index (χ1v) is 9.17. The number of carbonyl (C=O) groups excluding carboxylic acids is 1. The number of ether oxygens (including phenoxy) is 2. The number of nitrogens with one attached hydrogen (secondary N) is 1. The van der Waals surface area contributed by atoms with Gasteiger partial charge in [-0.25, -0.2) is 13.2 Å². The summed E-state index contributed by atoms with van der Waals surface area (Å²) in [5, 5.41) is 3.13. The molecule has 2 aromatic rings. The first-order valence-electron chi connectivity index (χ1n) is 9.17. The molecule has 1 aromatic carbocycles. The maximum atomic E-state index is 14.5. The van der Waals surface area contributed by atoms with E-state index in [1.807, 2.05) is 0 Å². The smallest absolute Gasteiger partial charge is 0.254 e. The summed E-state index contributed by atoms with van der Waals surface area (Å²) in [6.07, 6.45) is 1.70. The average Bonchev–Trinajstić information content (AvgIpc) is 3.20. The maximum absolute atomic E-state index is 14.5. The number of aromatic nitrogens is 1. The molecule has 1 amide bonds. The fraction of sp³-hybridized carbons (Fsp3) is 0.400. The molecular formula is C20H23ClF3N3O3. The number of amides is 1. The van der Waals surface area contributed by atoms with Crippen molar-refractivity contribution >= 4 is 18.3 Å². The molecule has 30 heavy (non-hydrogen) atoms. The molecule has 10 heteroatoms. The van der Waals surface area contributed by atoms with Gasteiger partial charge in [-0.2, -0.15) is 4.98 Å². The maximum Gasteiger partial charge on any atom is 0.254 e. The Labute approximate surface area is 178 Å². The highest BCUT2D eigenvalue weighted by molar-refractivity contribution is 5.85. The van der Waals surface area contributed by atoms with Gasteiger partial charge in [0.2, 0.25) is 11.8 Å². The first kappa shape index (κ1) is 23.8. The highest BCUT2D eigenvalue weighted by Gasteiger charge is 2.26. The summed E-state index contributed by atoms with van der Waals surface area (Å²) in [5.41, 5.74) is 0.573. The van der Waals surface area contributed by atoms with Crippen LogP contribution in [0.25, 0.3) is 0 Å².